The minimum atomic E-state index is -0.799. The topological polar surface area (TPSA) is 92.8 Å². The predicted molar refractivity (Wildman–Crippen MR) is 123 cm³/mol. The van der Waals surface area contributed by atoms with Crippen molar-refractivity contribution in [2.45, 2.75) is 84.0 Å². The van der Waals surface area contributed by atoms with Crippen molar-refractivity contribution in [1.82, 2.24) is 0 Å². The van der Waals surface area contributed by atoms with Crippen LogP contribution in [0.5, 0.6) is 11.5 Å². The molecule has 0 fully saturated rings. The molecule has 6 nitrogen and oxygen atoms in total. The first kappa shape index (κ1) is 24.8. The summed E-state index contributed by atoms with van der Waals surface area (Å²) in [7, 11) is 0. The molecule has 0 aromatic heterocycles. The third-order valence-corrected chi connectivity index (χ3v) is 6.52. The minimum absolute atomic E-state index is 0.0315. The maximum Gasteiger partial charge on any atom is 0.294 e. The van der Waals surface area contributed by atoms with E-state index in [4.69, 9.17) is 0 Å². The first-order valence-electron chi connectivity index (χ1n) is 11.3. The molecule has 0 amide bonds. The highest BCUT2D eigenvalue weighted by molar-refractivity contribution is 5.53. The smallest absolute Gasteiger partial charge is 0.294 e. The molecule has 0 aliphatic heterocycles. The molecule has 1 aliphatic carbocycles. The Morgan fingerprint density at radius 1 is 1.26 bits per heavy atom. The van der Waals surface area contributed by atoms with Crippen LogP contribution in [-0.2, 0) is 10.3 Å². The standard InChI is InChI=1S/C25H37NO5/c1-6-7-8-9-12-25(4,5)19-14-22(27)24(23(28)15-19)21-13-18(16-31-26(29)30)10-11-20(21)17(2)3/h13-15,20-21,27-28H,2,6-12,16H2,1,3-5H3/t20-,21+/m0/s1. The Balaban J connectivity index is 2.35. The fourth-order valence-electron chi connectivity index (χ4n) is 4.56. The van der Waals surface area contributed by atoms with Crippen molar-refractivity contribution < 1.29 is 20.1 Å². The fraction of sp³-hybridized carbons (Fsp3) is 0.600. The first-order valence-corrected chi connectivity index (χ1v) is 11.3. The van der Waals surface area contributed by atoms with Gasteiger partial charge in [-0.2, -0.15) is 0 Å². The number of benzene rings is 1. The van der Waals surface area contributed by atoms with Gasteiger partial charge in [0.05, 0.1) is 0 Å². The van der Waals surface area contributed by atoms with E-state index in [1.165, 1.54) is 19.3 Å². The van der Waals surface area contributed by atoms with Crippen molar-refractivity contribution in [2.24, 2.45) is 5.92 Å². The molecule has 0 spiro atoms. The number of allylic oxidation sites excluding steroid dienone is 2. The second kappa shape index (κ2) is 10.7. The summed E-state index contributed by atoms with van der Waals surface area (Å²) in [6.45, 7) is 12.4. The van der Waals surface area contributed by atoms with E-state index in [1.807, 2.05) is 13.0 Å². The lowest BCUT2D eigenvalue weighted by molar-refractivity contribution is -0.755. The molecule has 1 aromatic rings. The van der Waals surface area contributed by atoms with E-state index in [0.29, 0.717) is 12.0 Å². The molecule has 0 saturated heterocycles. The van der Waals surface area contributed by atoms with Crippen LogP contribution < -0.4 is 0 Å². The average molecular weight is 432 g/mol. The van der Waals surface area contributed by atoms with E-state index in [1.54, 1.807) is 12.1 Å². The van der Waals surface area contributed by atoms with E-state index in [2.05, 4.69) is 32.2 Å². The average Bonchev–Trinajstić information content (AvgIpc) is 2.69. The second-order valence-corrected chi connectivity index (χ2v) is 9.46. The number of unbranched alkanes of at least 4 members (excludes halogenated alkanes) is 3. The Kier molecular flexibility index (Phi) is 8.54. The lowest BCUT2D eigenvalue weighted by Gasteiger charge is -2.33. The van der Waals surface area contributed by atoms with E-state index in [-0.39, 0.29) is 35.4 Å². The van der Waals surface area contributed by atoms with Crippen LogP contribution in [0.2, 0.25) is 0 Å². The highest BCUT2D eigenvalue weighted by Crippen LogP contribution is 2.48. The van der Waals surface area contributed by atoms with E-state index in [0.717, 1.165) is 36.0 Å². The largest absolute Gasteiger partial charge is 0.507 e. The van der Waals surface area contributed by atoms with Crippen molar-refractivity contribution in [3.63, 3.8) is 0 Å². The quantitative estimate of drug-likeness (QED) is 0.179. The number of phenolic OH excluding ortho intramolecular Hbond substituents is 2. The third kappa shape index (κ3) is 6.49. The first-order chi connectivity index (χ1) is 14.6. The molecule has 31 heavy (non-hydrogen) atoms. The van der Waals surface area contributed by atoms with Gasteiger partial charge in [0.25, 0.3) is 5.09 Å². The normalized spacial score (nSPS) is 19.0. The molecular weight excluding hydrogens is 394 g/mol. The maximum absolute atomic E-state index is 10.9. The summed E-state index contributed by atoms with van der Waals surface area (Å²) in [4.78, 5) is 15.1. The molecule has 0 saturated carbocycles. The van der Waals surface area contributed by atoms with Gasteiger partial charge < -0.3 is 15.1 Å². The molecule has 1 aromatic carbocycles. The van der Waals surface area contributed by atoms with Crippen LogP contribution in [0, 0.1) is 16.0 Å². The molecule has 1 aliphatic rings. The van der Waals surface area contributed by atoms with E-state index >= 15 is 0 Å². The van der Waals surface area contributed by atoms with Gasteiger partial charge in [-0.05, 0) is 60.8 Å². The number of nitrogens with zero attached hydrogens (tertiary/aromatic N) is 1. The van der Waals surface area contributed by atoms with Crippen molar-refractivity contribution in [2.75, 3.05) is 6.61 Å². The molecule has 0 heterocycles. The van der Waals surface area contributed by atoms with Crippen molar-refractivity contribution in [3.8, 4) is 11.5 Å². The molecule has 0 radical (unpaired) electrons. The summed E-state index contributed by atoms with van der Waals surface area (Å²) in [5.41, 5.74) is 2.94. The zero-order chi connectivity index (χ0) is 23.2. The predicted octanol–water partition coefficient (Wildman–Crippen LogP) is 6.55. The van der Waals surface area contributed by atoms with Crippen LogP contribution in [0.4, 0.5) is 0 Å². The molecule has 0 unspecified atom stereocenters. The van der Waals surface area contributed by atoms with Gasteiger partial charge in [0.1, 0.15) is 18.1 Å². The Labute approximate surface area is 185 Å². The number of rotatable bonds is 11. The lowest BCUT2D eigenvalue weighted by atomic mass is 9.72. The van der Waals surface area contributed by atoms with Crippen LogP contribution in [0.25, 0.3) is 0 Å². The fourth-order valence-corrected chi connectivity index (χ4v) is 4.56. The Morgan fingerprint density at radius 3 is 2.45 bits per heavy atom. The van der Waals surface area contributed by atoms with Gasteiger partial charge in [-0.3, -0.25) is 0 Å². The Bertz CT molecular complexity index is 804. The van der Waals surface area contributed by atoms with Gasteiger partial charge in [-0.1, -0.05) is 64.7 Å². The molecule has 2 rings (SSSR count). The molecule has 2 atom stereocenters. The van der Waals surface area contributed by atoms with Crippen molar-refractivity contribution >= 4 is 0 Å². The number of hydrogen-bond donors (Lipinski definition) is 2. The SMILES string of the molecule is C=C(C)[C@@H]1CCC(CO[N+](=O)[O-])=C[C@H]1c1c(O)cc(C(C)(C)CCCCCC)cc1O. The Morgan fingerprint density at radius 2 is 1.90 bits per heavy atom. The Hall–Kier alpha value is -2.50. The van der Waals surface area contributed by atoms with Gasteiger partial charge in [-0.25, -0.2) is 0 Å². The van der Waals surface area contributed by atoms with Crippen LogP contribution in [-0.4, -0.2) is 21.9 Å². The molecule has 6 heteroatoms. The lowest BCUT2D eigenvalue weighted by Crippen LogP contribution is -2.21. The zero-order valence-electron chi connectivity index (χ0n) is 19.3. The number of aromatic hydroxyl groups is 2. The van der Waals surface area contributed by atoms with Gasteiger partial charge in [0.15, 0.2) is 0 Å². The monoisotopic (exact) mass is 431 g/mol. The molecule has 2 N–H and O–H groups in total. The zero-order valence-corrected chi connectivity index (χ0v) is 19.3. The summed E-state index contributed by atoms with van der Waals surface area (Å²) in [5, 5.41) is 31.7. The van der Waals surface area contributed by atoms with Crippen LogP contribution in [0.3, 0.4) is 0 Å². The highest BCUT2D eigenvalue weighted by Gasteiger charge is 2.32. The van der Waals surface area contributed by atoms with Crippen LogP contribution in [0.15, 0.2) is 35.9 Å². The molecular formula is C25H37NO5. The summed E-state index contributed by atoms with van der Waals surface area (Å²) in [6, 6.07) is 3.53. The van der Waals surface area contributed by atoms with E-state index in [9.17, 15) is 20.3 Å². The van der Waals surface area contributed by atoms with Gasteiger partial charge in [0.2, 0.25) is 0 Å². The third-order valence-electron chi connectivity index (χ3n) is 6.52. The van der Waals surface area contributed by atoms with Gasteiger partial charge in [0, 0.05) is 11.5 Å². The minimum Gasteiger partial charge on any atom is -0.507 e. The van der Waals surface area contributed by atoms with Crippen LogP contribution >= 0.6 is 0 Å². The maximum atomic E-state index is 10.9. The summed E-state index contributed by atoms with van der Waals surface area (Å²) < 4.78 is 0. The van der Waals surface area contributed by atoms with Gasteiger partial charge in [-0.15, -0.1) is 10.1 Å². The molecule has 0 bridgehead atoms. The molecule has 172 valence electrons. The van der Waals surface area contributed by atoms with Crippen LogP contribution in [0.1, 0.15) is 89.7 Å². The van der Waals surface area contributed by atoms with Gasteiger partial charge >= 0.3 is 0 Å². The van der Waals surface area contributed by atoms with E-state index < -0.39 is 5.09 Å². The summed E-state index contributed by atoms with van der Waals surface area (Å²) in [6.07, 6.45) is 8.93. The number of hydrogen-bond acceptors (Lipinski definition) is 5. The summed E-state index contributed by atoms with van der Waals surface area (Å²) >= 11 is 0. The van der Waals surface area contributed by atoms with Crippen molar-refractivity contribution in [1.29, 1.82) is 0 Å². The number of phenols is 2. The highest BCUT2D eigenvalue weighted by atomic mass is 16.9. The second-order valence-electron chi connectivity index (χ2n) is 9.46. The summed E-state index contributed by atoms with van der Waals surface area (Å²) in [5.74, 6) is -0.163. The van der Waals surface area contributed by atoms with Crippen molar-refractivity contribution in [3.05, 3.63) is 57.2 Å².